The van der Waals surface area contributed by atoms with Gasteiger partial charge in [-0.25, -0.2) is 4.98 Å². The molecule has 1 fully saturated rings. The fourth-order valence-electron chi connectivity index (χ4n) is 3.30. The molecular weight excluding hydrogens is 513 g/mol. The van der Waals surface area contributed by atoms with Crippen LogP contribution < -0.4 is 10.2 Å². The fraction of sp³-hybridized carbons (Fsp3) is 0.300. The van der Waals surface area contributed by atoms with E-state index in [1.54, 1.807) is 34.2 Å². The lowest BCUT2D eigenvalue weighted by Crippen LogP contribution is -2.55. The van der Waals surface area contributed by atoms with Crippen molar-refractivity contribution in [2.24, 2.45) is 12.0 Å². The summed E-state index contributed by atoms with van der Waals surface area (Å²) in [4.78, 5) is 25.4. The molecule has 0 saturated carbocycles. The number of piperazine rings is 1. The van der Waals surface area contributed by atoms with Gasteiger partial charge in [-0.2, -0.15) is 5.10 Å². The van der Waals surface area contributed by atoms with Crippen LogP contribution in [0.15, 0.2) is 53.1 Å². The third-order valence-corrected chi connectivity index (χ3v) is 5.60. The normalized spacial score (nSPS) is 14.6. The number of benzene rings is 1. The fourth-order valence-corrected chi connectivity index (χ4v) is 4.04. The summed E-state index contributed by atoms with van der Waals surface area (Å²) in [5.74, 6) is 0.744. The lowest BCUT2D eigenvalue weighted by molar-refractivity contribution is -0.120. The van der Waals surface area contributed by atoms with E-state index in [1.807, 2.05) is 36.3 Å². The van der Waals surface area contributed by atoms with Crippen molar-refractivity contribution < 1.29 is 4.79 Å². The first-order valence-corrected chi connectivity index (χ1v) is 10.3. The van der Waals surface area contributed by atoms with Crippen molar-refractivity contribution in [3.05, 3.63) is 53.1 Å². The highest BCUT2D eigenvalue weighted by molar-refractivity contribution is 14.0. The molecule has 1 N–H and O–H groups in total. The van der Waals surface area contributed by atoms with E-state index >= 15 is 0 Å². The van der Waals surface area contributed by atoms with Crippen molar-refractivity contribution in [1.29, 1.82) is 0 Å². The van der Waals surface area contributed by atoms with Gasteiger partial charge in [0.25, 0.3) is 0 Å². The molecule has 1 saturated heterocycles. The Morgan fingerprint density at radius 1 is 1.27 bits per heavy atom. The standard InChI is InChI=1S/C20H23N7OS.HI/c1-21-20(22-11-18-24-17(14-29-18)15-6-4-3-5-7-15)26-8-9-27(19(28)13-26)16-10-23-25(2)12-16;/h3-7,10,12,14H,8-9,11,13H2,1-2H3,(H,21,22);1H. The second-order valence-electron chi connectivity index (χ2n) is 6.73. The maximum absolute atomic E-state index is 12.6. The largest absolute Gasteiger partial charge is 0.350 e. The Kier molecular flexibility index (Phi) is 7.43. The number of thiazole rings is 1. The molecule has 0 aliphatic carbocycles. The molecule has 4 rings (SSSR count). The number of halogens is 1. The maximum atomic E-state index is 12.6. The summed E-state index contributed by atoms with van der Waals surface area (Å²) in [6.45, 7) is 2.15. The third kappa shape index (κ3) is 4.98. The average Bonchev–Trinajstić information content (AvgIpc) is 3.38. The van der Waals surface area contributed by atoms with Gasteiger partial charge in [-0.05, 0) is 0 Å². The Bertz CT molecular complexity index is 1020. The minimum absolute atomic E-state index is 0. The van der Waals surface area contributed by atoms with E-state index in [-0.39, 0.29) is 36.4 Å². The van der Waals surface area contributed by atoms with Crippen LogP contribution in [0.2, 0.25) is 0 Å². The molecule has 1 amide bonds. The first-order chi connectivity index (χ1) is 14.1. The van der Waals surface area contributed by atoms with Crippen LogP contribution in [0.5, 0.6) is 0 Å². The molecule has 1 aliphatic rings. The second kappa shape index (κ2) is 10.0. The highest BCUT2D eigenvalue weighted by Crippen LogP contribution is 2.21. The Labute approximate surface area is 196 Å². The number of amides is 1. The Morgan fingerprint density at radius 2 is 2.07 bits per heavy atom. The predicted molar refractivity (Wildman–Crippen MR) is 130 cm³/mol. The second-order valence-corrected chi connectivity index (χ2v) is 7.68. The number of nitrogens with one attached hydrogen (secondary N) is 1. The summed E-state index contributed by atoms with van der Waals surface area (Å²) in [6.07, 6.45) is 3.57. The molecule has 10 heteroatoms. The highest BCUT2D eigenvalue weighted by Gasteiger charge is 2.27. The van der Waals surface area contributed by atoms with Gasteiger partial charge in [0.15, 0.2) is 5.96 Å². The Morgan fingerprint density at radius 3 is 2.73 bits per heavy atom. The van der Waals surface area contributed by atoms with Gasteiger partial charge in [-0.1, -0.05) is 30.3 Å². The van der Waals surface area contributed by atoms with Crippen LogP contribution in [-0.4, -0.2) is 58.2 Å². The maximum Gasteiger partial charge on any atom is 0.246 e. The summed E-state index contributed by atoms with van der Waals surface area (Å²) in [7, 11) is 3.58. The average molecular weight is 537 g/mol. The first-order valence-electron chi connectivity index (χ1n) is 9.38. The third-order valence-electron chi connectivity index (χ3n) is 4.75. The molecule has 1 aromatic carbocycles. The number of nitrogens with zero attached hydrogens (tertiary/aromatic N) is 6. The number of guanidine groups is 1. The van der Waals surface area contributed by atoms with Crippen LogP contribution in [0.3, 0.4) is 0 Å². The van der Waals surface area contributed by atoms with E-state index in [9.17, 15) is 4.79 Å². The van der Waals surface area contributed by atoms with Gasteiger partial charge in [-0.15, -0.1) is 35.3 Å². The molecule has 158 valence electrons. The summed E-state index contributed by atoms with van der Waals surface area (Å²) < 4.78 is 1.70. The number of aryl methyl sites for hydroxylation is 1. The van der Waals surface area contributed by atoms with Crippen LogP contribution in [0, 0.1) is 0 Å². The molecule has 1 aliphatic heterocycles. The van der Waals surface area contributed by atoms with Crippen molar-refractivity contribution in [1.82, 2.24) is 25.0 Å². The number of aromatic nitrogens is 3. The topological polar surface area (TPSA) is 78.7 Å². The highest BCUT2D eigenvalue weighted by atomic mass is 127. The van der Waals surface area contributed by atoms with Crippen molar-refractivity contribution in [3.8, 4) is 11.3 Å². The van der Waals surface area contributed by atoms with Gasteiger partial charge in [0.2, 0.25) is 5.91 Å². The monoisotopic (exact) mass is 537 g/mol. The number of hydrogen-bond donors (Lipinski definition) is 1. The van der Waals surface area contributed by atoms with Crippen LogP contribution in [-0.2, 0) is 18.4 Å². The molecule has 0 atom stereocenters. The number of anilines is 1. The number of rotatable bonds is 4. The number of carbonyl (C=O) groups excluding carboxylic acids is 1. The van der Waals surface area contributed by atoms with Crippen molar-refractivity contribution in [3.63, 3.8) is 0 Å². The zero-order valence-corrected chi connectivity index (χ0v) is 20.0. The summed E-state index contributed by atoms with van der Waals surface area (Å²) in [5, 5.41) is 10.5. The van der Waals surface area contributed by atoms with Gasteiger partial charge < -0.3 is 15.1 Å². The zero-order valence-electron chi connectivity index (χ0n) is 16.9. The first kappa shape index (κ1) is 22.2. The molecule has 0 radical (unpaired) electrons. The molecule has 30 heavy (non-hydrogen) atoms. The summed E-state index contributed by atoms with van der Waals surface area (Å²) in [5.41, 5.74) is 2.91. The van der Waals surface area contributed by atoms with Crippen molar-refractivity contribution in [2.75, 3.05) is 31.6 Å². The van der Waals surface area contributed by atoms with Gasteiger partial charge in [0.05, 0.1) is 24.1 Å². The molecule has 0 spiro atoms. The SMILES string of the molecule is CN=C(NCc1nc(-c2ccccc2)cs1)N1CCN(c2cnn(C)c2)C(=O)C1.I. The minimum Gasteiger partial charge on any atom is -0.350 e. The van der Waals surface area contributed by atoms with Crippen LogP contribution in [0.25, 0.3) is 11.3 Å². The zero-order chi connectivity index (χ0) is 20.2. The number of carbonyl (C=O) groups is 1. The van der Waals surface area contributed by atoms with E-state index in [0.717, 1.165) is 22.0 Å². The smallest absolute Gasteiger partial charge is 0.246 e. The van der Waals surface area contributed by atoms with Gasteiger partial charge >= 0.3 is 0 Å². The van der Waals surface area contributed by atoms with Crippen molar-refractivity contribution in [2.45, 2.75) is 6.54 Å². The molecule has 3 aromatic rings. The van der Waals surface area contributed by atoms with Gasteiger partial charge in [0.1, 0.15) is 11.6 Å². The van der Waals surface area contributed by atoms with E-state index < -0.39 is 0 Å². The molecule has 8 nitrogen and oxygen atoms in total. The lowest BCUT2D eigenvalue weighted by Gasteiger charge is -2.35. The Balaban J connectivity index is 0.00000256. The molecule has 0 unspecified atom stereocenters. The minimum atomic E-state index is 0. The van der Waals surface area contributed by atoms with E-state index in [1.165, 1.54) is 0 Å². The van der Waals surface area contributed by atoms with Crippen LogP contribution in [0.4, 0.5) is 5.69 Å². The van der Waals surface area contributed by atoms with Crippen molar-refractivity contribution >= 4 is 52.9 Å². The molecular formula is C20H24IN7OS. The summed E-state index contributed by atoms with van der Waals surface area (Å²) >= 11 is 1.61. The molecule has 0 bridgehead atoms. The predicted octanol–water partition coefficient (Wildman–Crippen LogP) is 2.59. The van der Waals surface area contributed by atoms with Crippen LogP contribution in [0.1, 0.15) is 5.01 Å². The molecule has 3 heterocycles. The number of aliphatic imine (C=N–C) groups is 1. The quantitative estimate of drug-likeness (QED) is 0.315. The lowest BCUT2D eigenvalue weighted by atomic mass is 10.2. The van der Waals surface area contributed by atoms with Crippen LogP contribution >= 0.6 is 35.3 Å². The Hall–Kier alpha value is -2.47. The van der Waals surface area contributed by atoms with Gasteiger partial charge in [0, 0.05) is 44.3 Å². The number of hydrogen-bond acceptors (Lipinski definition) is 5. The van der Waals surface area contributed by atoms with E-state index in [4.69, 9.17) is 4.98 Å². The van der Waals surface area contributed by atoms with E-state index in [0.29, 0.717) is 25.6 Å². The summed E-state index contributed by atoms with van der Waals surface area (Å²) in [6, 6.07) is 10.1. The van der Waals surface area contributed by atoms with Gasteiger partial charge in [-0.3, -0.25) is 14.5 Å². The van der Waals surface area contributed by atoms with E-state index in [2.05, 4.69) is 32.9 Å². The molecule has 2 aromatic heterocycles.